The van der Waals surface area contributed by atoms with Gasteiger partial charge < -0.3 is 9.32 Å². The van der Waals surface area contributed by atoms with Gasteiger partial charge in [0.15, 0.2) is 5.69 Å². The molecular weight excluding hydrogens is 275 g/mol. The Kier molecular flexibility index (Phi) is 3.79. The minimum Gasteiger partial charge on any atom is -0.472 e. The molecule has 108 valence electrons. The SMILES string of the molecule is CN(Cc1ccoc1)c1cc(C(F)(F)F)nc(NN)n1. The zero-order valence-electron chi connectivity index (χ0n) is 10.5. The number of hydrogen-bond acceptors (Lipinski definition) is 6. The first-order valence-electron chi connectivity index (χ1n) is 5.55. The van der Waals surface area contributed by atoms with E-state index < -0.39 is 11.9 Å². The molecule has 0 saturated heterocycles. The van der Waals surface area contributed by atoms with Crippen molar-refractivity contribution in [1.82, 2.24) is 9.97 Å². The van der Waals surface area contributed by atoms with Crippen molar-refractivity contribution in [3.8, 4) is 0 Å². The Hall–Kier alpha value is -2.29. The lowest BCUT2D eigenvalue weighted by atomic mass is 10.3. The lowest BCUT2D eigenvalue weighted by Crippen LogP contribution is -2.22. The quantitative estimate of drug-likeness (QED) is 0.661. The Bertz CT molecular complexity index is 570. The number of alkyl halides is 3. The Morgan fingerprint density at radius 2 is 2.15 bits per heavy atom. The van der Waals surface area contributed by atoms with Gasteiger partial charge in [-0.1, -0.05) is 0 Å². The number of nitrogens with zero attached hydrogens (tertiary/aromatic N) is 3. The molecule has 9 heteroatoms. The largest absolute Gasteiger partial charge is 0.472 e. The summed E-state index contributed by atoms with van der Waals surface area (Å²) in [5.41, 5.74) is 1.77. The first-order valence-corrected chi connectivity index (χ1v) is 5.55. The van der Waals surface area contributed by atoms with Gasteiger partial charge in [0.2, 0.25) is 5.95 Å². The van der Waals surface area contributed by atoms with Crippen LogP contribution in [0.3, 0.4) is 0 Å². The number of rotatable bonds is 4. The van der Waals surface area contributed by atoms with Gasteiger partial charge in [0.1, 0.15) is 5.82 Å². The summed E-state index contributed by atoms with van der Waals surface area (Å²) >= 11 is 0. The minimum atomic E-state index is -4.57. The molecule has 0 unspecified atom stereocenters. The van der Waals surface area contributed by atoms with Crippen molar-refractivity contribution in [1.29, 1.82) is 0 Å². The van der Waals surface area contributed by atoms with Crippen LogP contribution in [0.1, 0.15) is 11.3 Å². The predicted octanol–water partition coefficient (Wildman–Crippen LogP) is 2.01. The molecule has 0 saturated carbocycles. The highest BCUT2D eigenvalue weighted by Gasteiger charge is 2.34. The third-order valence-electron chi connectivity index (χ3n) is 2.52. The van der Waals surface area contributed by atoms with E-state index in [-0.39, 0.29) is 11.8 Å². The molecule has 2 heterocycles. The number of hydrazine groups is 1. The van der Waals surface area contributed by atoms with E-state index >= 15 is 0 Å². The Labute approximate surface area is 112 Å². The molecule has 0 aliphatic heterocycles. The van der Waals surface area contributed by atoms with E-state index in [9.17, 15) is 13.2 Å². The number of halogens is 3. The number of anilines is 2. The van der Waals surface area contributed by atoms with Crippen molar-refractivity contribution < 1.29 is 17.6 Å². The van der Waals surface area contributed by atoms with Crippen LogP contribution in [0.5, 0.6) is 0 Å². The summed E-state index contributed by atoms with van der Waals surface area (Å²) in [5.74, 6) is 4.89. The van der Waals surface area contributed by atoms with Crippen LogP contribution in [0, 0.1) is 0 Å². The first-order chi connectivity index (χ1) is 9.40. The summed E-state index contributed by atoms with van der Waals surface area (Å²) in [5, 5.41) is 0. The molecule has 0 fully saturated rings. The van der Waals surface area contributed by atoms with Crippen molar-refractivity contribution in [2.45, 2.75) is 12.7 Å². The topological polar surface area (TPSA) is 80.2 Å². The maximum absolute atomic E-state index is 12.7. The van der Waals surface area contributed by atoms with E-state index in [1.54, 1.807) is 13.1 Å². The van der Waals surface area contributed by atoms with Crippen molar-refractivity contribution >= 4 is 11.8 Å². The zero-order valence-corrected chi connectivity index (χ0v) is 10.5. The van der Waals surface area contributed by atoms with Crippen LogP contribution in [-0.4, -0.2) is 17.0 Å². The van der Waals surface area contributed by atoms with E-state index in [0.29, 0.717) is 6.54 Å². The van der Waals surface area contributed by atoms with E-state index in [2.05, 4.69) is 9.97 Å². The Morgan fingerprint density at radius 1 is 1.40 bits per heavy atom. The molecule has 2 rings (SSSR count). The van der Waals surface area contributed by atoms with Crippen LogP contribution in [0.25, 0.3) is 0 Å². The summed E-state index contributed by atoms with van der Waals surface area (Å²) in [7, 11) is 1.61. The number of nitrogens with two attached hydrogens (primary N) is 1. The number of hydrogen-bond donors (Lipinski definition) is 2. The minimum absolute atomic E-state index is 0.0986. The third kappa shape index (κ3) is 3.18. The second-order valence-electron chi connectivity index (χ2n) is 4.06. The van der Waals surface area contributed by atoms with Crippen molar-refractivity contribution in [3.05, 3.63) is 35.9 Å². The third-order valence-corrected chi connectivity index (χ3v) is 2.52. The van der Waals surface area contributed by atoms with Gasteiger partial charge in [-0.2, -0.15) is 18.2 Å². The fraction of sp³-hybridized carbons (Fsp3) is 0.273. The maximum atomic E-state index is 12.7. The van der Waals surface area contributed by atoms with Crippen molar-refractivity contribution in [2.24, 2.45) is 5.84 Å². The summed E-state index contributed by atoms with van der Waals surface area (Å²) in [6.45, 7) is 0.342. The average Bonchev–Trinajstić information content (AvgIpc) is 2.90. The normalized spacial score (nSPS) is 11.4. The lowest BCUT2D eigenvalue weighted by Gasteiger charge is -2.19. The molecule has 3 N–H and O–H groups in total. The van der Waals surface area contributed by atoms with Crippen molar-refractivity contribution in [2.75, 3.05) is 17.4 Å². The standard InChI is InChI=1S/C11H12F3N5O/c1-19(5-7-2-3-20-6-7)9-4-8(11(12,13)14)16-10(17-9)18-15/h2-4,6H,5,15H2,1H3,(H,16,17,18). The zero-order chi connectivity index (χ0) is 14.8. The van der Waals surface area contributed by atoms with E-state index in [4.69, 9.17) is 10.3 Å². The maximum Gasteiger partial charge on any atom is 0.433 e. The summed E-state index contributed by atoms with van der Waals surface area (Å²) in [6, 6.07) is 2.57. The van der Waals surface area contributed by atoms with E-state index in [0.717, 1.165) is 11.6 Å². The molecule has 0 aliphatic rings. The molecular formula is C11H12F3N5O. The van der Waals surface area contributed by atoms with Gasteiger partial charge in [-0.05, 0) is 6.07 Å². The number of nitrogen functional groups attached to an aromatic ring is 1. The van der Waals surface area contributed by atoms with Gasteiger partial charge in [0.05, 0.1) is 12.5 Å². The second-order valence-corrected chi connectivity index (χ2v) is 4.06. The van der Waals surface area contributed by atoms with Crippen molar-refractivity contribution in [3.63, 3.8) is 0 Å². The lowest BCUT2D eigenvalue weighted by molar-refractivity contribution is -0.141. The molecule has 0 spiro atoms. The highest BCUT2D eigenvalue weighted by atomic mass is 19.4. The summed E-state index contributed by atoms with van der Waals surface area (Å²) in [4.78, 5) is 8.71. The van der Waals surface area contributed by atoms with Crippen LogP contribution < -0.4 is 16.2 Å². The molecule has 2 aromatic heterocycles. The molecule has 0 aromatic carbocycles. The Morgan fingerprint density at radius 3 is 2.70 bits per heavy atom. The fourth-order valence-electron chi connectivity index (χ4n) is 1.58. The second kappa shape index (κ2) is 5.37. The average molecular weight is 287 g/mol. The number of furan rings is 1. The smallest absolute Gasteiger partial charge is 0.433 e. The highest BCUT2D eigenvalue weighted by molar-refractivity contribution is 5.45. The fourth-order valence-corrected chi connectivity index (χ4v) is 1.58. The van der Waals surface area contributed by atoms with Crippen LogP contribution >= 0.6 is 0 Å². The van der Waals surface area contributed by atoms with Crippen LogP contribution in [-0.2, 0) is 12.7 Å². The summed E-state index contributed by atoms with van der Waals surface area (Å²) in [6.07, 6.45) is -1.58. The van der Waals surface area contributed by atoms with Gasteiger partial charge >= 0.3 is 6.18 Å². The molecule has 20 heavy (non-hydrogen) atoms. The molecule has 0 atom stereocenters. The predicted molar refractivity (Wildman–Crippen MR) is 65.7 cm³/mol. The van der Waals surface area contributed by atoms with Gasteiger partial charge in [-0.25, -0.2) is 10.8 Å². The number of nitrogens with one attached hydrogen (secondary N) is 1. The van der Waals surface area contributed by atoms with Gasteiger partial charge in [-0.3, -0.25) is 5.43 Å². The summed E-state index contributed by atoms with van der Waals surface area (Å²) < 4.78 is 43.1. The first kappa shape index (κ1) is 14.1. The number of aromatic nitrogens is 2. The monoisotopic (exact) mass is 287 g/mol. The van der Waals surface area contributed by atoms with Crippen LogP contribution in [0.2, 0.25) is 0 Å². The van der Waals surface area contributed by atoms with E-state index in [1.807, 2.05) is 5.43 Å². The Balaban J connectivity index is 2.30. The molecule has 0 amide bonds. The molecule has 0 bridgehead atoms. The van der Waals surface area contributed by atoms with Gasteiger partial charge in [0, 0.05) is 25.2 Å². The van der Waals surface area contributed by atoms with Crippen LogP contribution in [0.15, 0.2) is 29.1 Å². The molecule has 2 aromatic rings. The van der Waals surface area contributed by atoms with Crippen LogP contribution in [0.4, 0.5) is 24.9 Å². The van der Waals surface area contributed by atoms with Gasteiger partial charge in [-0.15, -0.1) is 0 Å². The molecule has 6 nitrogen and oxygen atoms in total. The van der Waals surface area contributed by atoms with E-state index in [1.165, 1.54) is 17.4 Å². The molecule has 0 aliphatic carbocycles. The van der Waals surface area contributed by atoms with Gasteiger partial charge in [0.25, 0.3) is 0 Å². The molecule has 0 radical (unpaired) electrons. The highest BCUT2D eigenvalue weighted by Crippen LogP contribution is 2.30.